The molecule has 1 aliphatic rings. The molecule has 2 aromatic heterocycles. The second-order valence-electron chi connectivity index (χ2n) is 6.08. The third-order valence-corrected chi connectivity index (χ3v) is 4.41. The summed E-state index contributed by atoms with van der Waals surface area (Å²) in [5, 5.41) is 30.8. The van der Waals surface area contributed by atoms with E-state index in [2.05, 4.69) is 37.2 Å². The zero-order valence-electron chi connectivity index (χ0n) is 13.6. The maximum Gasteiger partial charge on any atom is 0.279 e. The van der Waals surface area contributed by atoms with E-state index in [1.54, 1.807) is 16.9 Å². The highest BCUT2D eigenvalue weighted by atomic mass is 16.2. The molecule has 0 spiro atoms. The molecule has 3 aromatic rings. The normalized spacial score (nSPS) is 16.9. The first kappa shape index (κ1) is 15.3. The van der Waals surface area contributed by atoms with Crippen molar-refractivity contribution in [1.82, 2.24) is 30.5 Å². The summed E-state index contributed by atoms with van der Waals surface area (Å²) in [6.45, 7) is 3.61. The number of nitriles is 1. The first-order valence-corrected chi connectivity index (χ1v) is 7.98. The lowest BCUT2D eigenvalue weighted by molar-refractivity contribution is 0.102. The van der Waals surface area contributed by atoms with Crippen LogP contribution in [-0.4, -0.2) is 44.2 Å². The van der Waals surface area contributed by atoms with Gasteiger partial charge in [-0.2, -0.15) is 10.4 Å². The van der Waals surface area contributed by atoms with Crippen molar-refractivity contribution in [2.24, 2.45) is 0 Å². The van der Waals surface area contributed by atoms with Crippen LogP contribution in [0, 0.1) is 18.3 Å². The highest BCUT2D eigenvalue weighted by Gasteiger charge is 2.20. The van der Waals surface area contributed by atoms with Crippen molar-refractivity contribution in [3.05, 3.63) is 35.2 Å². The topological polar surface area (TPSA) is 124 Å². The molecule has 1 atom stereocenters. The number of H-pyrrole nitrogens is 1. The van der Waals surface area contributed by atoms with Crippen molar-refractivity contribution in [2.45, 2.75) is 19.4 Å². The van der Waals surface area contributed by atoms with Crippen LogP contribution in [0.5, 0.6) is 0 Å². The number of benzene rings is 1. The summed E-state index contributed by atoms with van der Waals surface area (Å²) in [5.74, 6) is 0.0392. The quantitative estimate of drug-likeness (QED) is 0.658. The molecule has 4 rings (SSSR count). The minimum atomic E-state index is -0.368. The molecule has 9 nitrogen and oxygen atoms in total. The van der Waals surface area contributed by atoms with E-state index in [0.717, 1.165) is 30.5 Å². The molecular weight excluding hydrogens is 320 g/mol. The number of aromatic nitrogens is 5. The zero-order valence-corrected chi connectivity index (χ0v) is 13.6. The molecule has 1 fully saturated rings. The maximum atomic E-state index is 12.4. The Hall–Kier alpha value is -3.25. The summed E-state index contributed by atoms with van der Waals surface area (Å²) >= 11 is 0. The Labute approximate surface area is 143 Å². The van der Waals surface area contributed by atoms with Gasteiger partial charge in [-0.25, -0.2) is 4.68 Å². The Balaban J connectivity index is 1.58. The van der Waals surface area contributed by atoms with Crippen LogP contribution >= 0.6 is 0 Å². The average Bonchev–Trinajstić information content (AvgIpc) is 3.35. The molecule has 126 valence electrons. The van der Waals surface area contributed by atoms with E-state index in [9.17, 15) is 4.79 Å². The van der Waals surface area contributed by atoms with Crippen LogP contribution in [0.1, 0.15) is 34.1 Å². The van der Waals surface area contributed by atoms with Gasteiger partial charge in [0.15, 0.2) is 11.5 Å². The molecule has 0 aliphatic carbocycles. The number of nitrogens with one attached hydrogen (secondary N) is 3. The Bertz CT molecular complexity index is 989. The van der Waals surface area contributed by atoms with Gasteiger partial charge in [0.1, 0.15) is 0 Å². The average molecular weight is 336 g/mol. The van der Waals surface area contributed by atoms with Crippen molar-refractivity contribution in [3.63, 3.8) is 0 Å². The number of aromatic amines is 1. The van der Waals surface area contributed by atoms with E-state index in [1.807, 2.05) is 13.0 Å². The molecule has 25 heavy (non-hydrogen) atoms. The van der Waals surface area contributed by atoms with Gasteiger partial charge in [0, 0.05) is 11.9 Å². The Morgan fingerprint density at radius 3 is 3.12 bits per heavy atom. The summed E-state index contributed by atoms with van der Waals surface area (Å²) in [6.07, 6.45) is 2.62. The molecule has 1 aromatic carbocycles. The molecule has 1 amide bonds. The van der Waals surface area contributed by atoms with Crippen LogP contribution in [0.4, 0.5) is 5.82 Å². The number of carbonyl (C=O) groups is 1. The van der Waals surface area contributed by atoms with Crippen molar-refractivity contribution in [1.29, 1.82) is 5.26 Å². The third kappa shape index (κ3) is 2.72. The Kier molecular flexibility index (Phi) is 3.66. The minimum Gasteiger partial charge on any atom is -0.315 e. The first-order chi connectivity index (χ1) is 12.2. The number of aryl methyl sites for hydroxylation is 1. The predicted molar refractivity (Wildman–Crippen MR) is 90.0 cm³/mol. The number of hydrogen-bond donors (Lipinski definition) is 3. The number of anilines is 1. The summed E-state index contributed by atoms with van der Waals surface area (Å²) < 4.78 is 1.72. The molecule has 3 heterocycles. The fraction of sp³-hybridized carbons (Fsp3) is 0.312. The first-order valence-electron chi connectivity index (χ1n) is 7.98. The Morgan fingerprint density at radius 2 is 2.36 bits per heavy atom. The molecule has 0 bridgehead atoms. The minimum absolute atomic E-state index is 0.229. The number of fused-ring (bicyclic) bond motifs is 1. The number of amides is 1. The largest absolute Gasteiger partial charge is 0.315 e. The lowest BCUT2D eigenvalue weighted by atomic mass is 10.1. The van der Waals surface area contributed by atoms with Crippen molar-refractivity contribution in [3.8, 4) is 6.07 Å². The van der Waals surface area contributed by atoms with Crippen LogP contribution in [0.15, 0.2) is 18.3 Å². The zero-order chi connectivity index (χ0) is 17.4. The van der Waals surface area contributed by atoms with Crippen molar-refractivity contribution < 1.29 is 4.79 Å². The van der Waals surface area contributed by atoms with Crippen molar-refractivity contribution in [2.75, 3.05) is 18.4 Å². The van der Waals surface area contributed by atoms with Gasteiger partial charge in [0.25, 0.3) is 5.91 Å². The summed E-state index contributed by atoms with van der Waals surface area (Å²) in [5.41, 5.74) is 2.33. The van der Waals surface area contributed by atoms with E-state index in [4.69, 9.17) is 5.26 Å². The van der Waals surface area contributed by atoms with E-state index in [1.165, 1.54) is 0 Å². The van der Waals surface area contributed by atoms with Gasteiger partial charge in [-0.15, -0.1) is 5.10 Å². The standard InChI is InChI=1S/C16H16N8O/c1-9-4-12-13(5-10(9)6-17)20-22-15(12)19-16(25)14-8-24(23-21-14)11-2-3-18-7-11/h4-5,8,11,18H,2-3,7H2,1H3,(H2,19,20,22,25). The predicted octanol–water partition coefficient (Wildman–Crippen LogP) is 1.12. The van der Waals surface area contributed by atoms with E-state index in [-0.39, 0.29) is 17.6 Å². The van der Waals surface area contributed by atoms with Gasteiger partial charge in [0.05, 0.1) is 29.4 Å². The van der Waals surface area contributed by atoms with Gasteiger partial charge < -0.3 is 10.6 Å². The Morgan fingerprint density at radius 1 is 1.48 bits per heavy atom. The smallest absolute Gasteiger partial charge is 0.279 e. The van der Waals surface area contributed by atoms with Gasteiger partial charge >= 0.3 is 0 Å². The molecule has 0 radical (unpaired) electrons. The number of carbonyl (C=O) groups excluding carboxylic acids is 1. The van der Waals surface area contributed by atoms with Crippen LogP contribution in [0.25, 0.3) is 10.9 Å². The summed E-state index contributed by atoms with van der Waals surface area (Å²) in [6, 6.07) is 5.91. The van der Waals surface area contributed by atoms with Crippen LogP contribution < -0.4 is 10.6 Å². The highest BCUT2D eigenvalue weighted by molar-refractivity contribution is 6.06. The van der Waals surface area contributed by atoms with Crippen LogP contribution in [0.3, 0.4) is 0 Å². The monoisotopic (exact) mass is 336 g/mol. The van der Waals surface area contributed by atoms with E-state index < -0.39 is 0 Å². The van der Waals surface area contributed by atoms with Gasteiger partial charge in [0.2, 0.25) is 0 Å². The third-order valence-electron chi connectivity index (χ3n) is 4.41. The second-order valence-corrected chi connectivity index (χ2v) is 6.08. The fourth-order valence-electron chi connectivity index (χ4n) is 2.98. The van der Waals surface area contributed by atoms with E-state index >= 15 is 0 Å². The molecule has 9 heteroatoms. The number of nitrogens with zero attached hydrogens (tertiary/aromatic N) is 5. The lowest BCUT2D eigenvalue weighted by Crippen LogP contribution is -2.14. The molecule has 3 N–H and O–H groups in total. The number of hydrogen-bond acceptors (Lipinski definition) is 6. The fourth-order valence-corrected chi connectivity index (χ4v) is 2.98. The van der Waals surface area contributed by atoms with Gasteiger partial charge in [-0.05, 0) is 37.6 Å². The highest BCUT2D eigenvalue weighted by Crippen LogP contribution is 2.24. The molecule has 1 unspecified atom stereocenters. The van der Waals surface area contributed by atoms with Gasteiger partial charge in [-0.1, -0.05) is 5.21 Å². The van der Waals surface area contributed by atoms with Crippen LogP contribution in [0.2, 0.25) is 0 Å². The number of rotatable bonds is 3. The molecule has 1 aliphatic heterocycles. The maximum absolute atomic E-state index is 12.4. The molecule has 1 saturated heterocycles. The summed E-state index contributed by atoms with van der Waals surface area (Å²) in [4.78, 5) is 12.4. The molecule has 0 saturated carbocycles. The van der Waals surface area contributed by atoms with Crippen molar-refractivity contribution >= 4 is 22.6 Å². The van der Waals surface area contributed by atoms with Gasteiger partial charge in [-0.3, -0.25) is 9.89 Å². The molecular formula is C16H16N8O. The van der Waals surface area contributed by atoms with E-state index in [0.29, 0.717) is 16.9 Å². The summed E-state index contributed by atoms with van der Waals surface area (Å²) in [7, 11) is 0. The lowest BCUT2D eigenvalue weighted by Gasteiger charge is -2.06. The SMILES string of the molecule is Cc1cc2c(NC(=O)c3cn(C4CCNC4)nn3)n[nH]c2cc1C#N. The van der Waals surface area contributed by atoms with Crippen LogP contribution in [-0.2, 0) is 0 Å². The second kappa shape index (κ2) is 5.99.